The first-order valence-corrected chi connectivity index (χ1v) is 6.69. The molecule has 1 aromatic heterocycles. The van der Waals surface area contributed by atoms with Crippen LogP contribution in [0.5, 0.6) is 5.88 Å². The molecule has 0 N–H and O–H groups in total. The molecule has 1 rings (SSSR count). The largest absolute Gasteiger partial charge is 0.477 e. The van der Waals surface area contributed by atoms with E-state index in [0.717, 1.165) is 30.7 Å². The summed E-state index contributed by atoms with van der Waals surface area (Å²) in [6, 6.07) is 0. The van der Waals surface area contributed by atoms with Crippen molar-refractivity contribution in [1.29, 1.82) is 0 Å². The van der Waals surface area contributed by atoms with Crippen molar-refractivity contribution in [3.63, 3.8) is 0 Å². The monoisotopic (exact) mass is 287 g/mol. The summed E-state index contributed by atoms with van der Waals surface area (Å²) in [4.78, 5) is 10.7. The Hall–Kier alpha value is -0.840. The number of aromatic nitrogens is 2. The van der Waals surface area contributed by atoms with Gasteiger partial charge in [-0.15, -0.1) is 0 Å². The van der Waals surface area contributed by atoms with E-state index in [1.54, 1.807) is 12.4 Å². The molecule has 0 radical (unpaired) electrons. The maximum atomic E-state index is 5.34. The molecule has 1 heterocycles. The fourth-order valence-electron chi connectivity index (χ4n) is 1.39. The van der Waals surface area contributed by atoms with Crippen LogP contribution in [0.2, 0.25) is 0 Å². The summed E-state index contributed by atoms with van der Waals surface area (Å²) in [5.41, 5.74) is 0. The first kappa shape index (κ1) is 13.2. The predicted octanol–water partition coefficient (Wildman–Crippen LogP) is 2.49. The standard InChI is InChI=1S/C11H18BrN3O/c1-3-15(7-5-6-12)10-8-13-9-11(14-10)16-4-2/h8-9H,3-7H2,1-2H3. The Morgan fingerprint density at radius 3 is 2.81 bits per heavy atom. The van der Waals surface area contributed by atoms with Gasteiger partial charge in [0.05, 0.1) is 19.0 Å². The Kier molecular flexibility index (Phi) is 6.15. The van der Waals surface area contributed by atoms with E-state index in [1.807, 2.05) is 6.92 Å². The van der Waals surface area contributed by atoms with Gasteiger partial charge in [-0.25, -0.2) is 0 Å². The van der Waals surface area contributed by atoms with Gasteiger partial charge in [-0.05, 0) is 20.3 Å². The highest BCUT2D eigenvalue weighted by atomic mass is 79.9. The number of ether oxygens (including phenoxy) is 1. The van der Waals surface area contributed by atoms with E-state index < -0.39 is 0 Å². The molecule has 0 atom stereocenters. The van der Waals surface area contributed by atoms with Crippen LogP contribution in [0.25, 0.3) is 0 Å². The Morgan fingerprint density at radius 1 is 1.38 bits per heavy atom. The van der Waals surface area contributed by atoms with E-state index in [4.69, 9.17) is 4.74 Å². The molecule has 0 saturated heterocycles. The fourth-order valence-corrected chi connectivity index (χ4v) is 1.64. The summed E-state index contributed by atoms with van der Waals surface area (Å²) in [5, 5.41) is 1.00. The van der Waals surface area contributed by atoms with Gasteiger partial charge >= 0.3 is 0 Å². The minimum atomic E-state index is 0.595. The van der Waals surface area contributed by atoms with Crippen molar-refractivity contribution in [1.82, 2.24) is 9.97 Å². The molecule has 4 nitrogen and oxygen atoms in total. The lowest BCUT2D eigenvalue weighted by atomic mass is 10.4. The average molecular weight is 288 g/mol. The number of hydrogen-bond acceptors (Lipinski definition) is 4. The van der Waals surface area contributed by atoms with E-state index in [9.17, 15) is 0 Å². The molecule has 0 aromatic carbocycles. The van der Waals surface area contributed by atoms with Crippen molar-refractivity contribution in [2.45, 2.75) is 20.3 Å². The van der Waals surface area contributed by atoms with Crippen LogP contribution >= 0.6 is 15.9 Å². The van der Waals surface area contributed by atoms with Gasteiger partial charge < -0.3 is 9.64 Å². The number of halogens is 1. The minimum absolute atomic E-state index is 0.595. The maximum Gasteiger partial charge on any atom is 0.234 e. The van der Waals surface area contributed by atoms with Crippen molar-refractivity contribution in [3.05, 3.63) is 12.4 Å². The van der Waals surface area contributed by atoms with E-state index in [-0.39, 0.29) is 0 Å². The van der Waals surface area contributed by atoms with Crippen LogP contribution in [0.3, 0.4) is 0 Å². The highest BCUT2D eigenvalue weighted by Gasteiger charge is 2.06. The molecule has 0 spiro atoms. The molecular formula is C11H18BrN3O. The van der Waals surface area contributed by atoms with Gasteiger partial charge in [-0.1, -0.05) is 15.9 Å². The quantitative estimate of drug-likeness (QED) is 0.722. The summed E-state index contributed by atoms with van der Waals surface area (Å²) in [6.45, 7) is 6.58. The Labute approximate surface area is 105 Å². The van der Waals surface area contributed by atoms with Crippen molar-refractivity contribution in [2.24, 2.45) is 0 Å². The summed E-state index contributed by atoms with van der Waals surface area (Å²) in [7, 11) is 0. The Balaban J connectivity index is 2.71. The predicted molar refractivity (Wildman–Crippen MR) is 69.5 cm³/mol. The van der Waals surface area contributed by atoms with Gasteiger partial charge in [0, 0.05) is 18.4 Å². The van der Waals surface area contributed by atoms with Crippen LogP contribution in [0.4, 0.5) is 5.82 Å². The topological polar surface area (TPSA) is 38.2 Å². The molecule has 0 unspecified atom stereocenters. The molecule has 0 aliphatic heterocycles. The van der Waals surface area contributed by atoms with Crippen LogP contribution in [0, 0.1) is 0 Å². The highest BCUT2D eigenvalue weighted by Crippen LogP contribution is 2.14. The molecule has 1 aromatic rings. The van der Waals surface area contributed by atoms with E-state index >= 15 is 0 Å². The van der Waals surface area contributed by atoms with Gasteiger partial charge in [0.1, 0.15) is 0 Å². The number of hydrogen-bond donors (Lipinski definition) is 0. The number of alkyl halides is 1. The van der Waals surface area contributed by atoms with Crippen molar-refractivity contribution in [3.8, 4) is 5.88 Å². The van der Waals surface area contributed by atoms with Crippen LogP contribution in [0.15, 0.2) is 12.4 Å². The molecule has 0 fully saturated rings. The third-order valence-electron chi connectivity index (χ3n) is 2.16. The zero-order valence-corrected chi connectivity index (χ0v) is 11.4. The maximum absolute atomic E-state index is 5.34. The van der Waals surface area contributed by atoms with Gasteiger partial charge in [0.2, 0.25) is 5.88 Å². The van der Waals surface area contributed by atoms with Gasteiger partial charge in [-0.2, -0.15) is 4.98 Å². The lowest BCUT2D eigenvalue weighted by Gasteiger charge is -2.21. The van der Waals surface area contributed by atoms with Crippen molar-refractivity contribution < 1.29 is 4.74 Å². The highest BCUT2D eigenvalue weighted by molar-refractivity contribution is 9.09. The van der Waals surface area contributed by atoms with E-state index in [2.05, 4.69) is 37.7 Å². The van der Waals surface area contributed by atoms with Gasteiger partial charge in [-0.3, -0.25) is 4.98 Å². The number of anilines is 1. The smallest absolute Gasteiger partial charge is 0.234 e. The molecule has 0 amide bonds. The summed E-state index contributed by atoms with van der Waals surface area (Å²) in [5.74, 6) is 1.48. The lowest BCUT2D eigenvalue weighted by Crippen LogP contribution is -2.25. The molecule has 0 aliphatic rings. The molecule has 90 valence electrons. The lowest BCUT2D eigenvalue weighted by molar-refractivity contribution is 0.325. The zero-order valence-electron chi connectivity index (χ0n) is 9.82. The first-order valence-electron chi connectivity index (χ1n) is 5.57. The van der Waals surface area contributed by atoms with Crippen molar-refractivity contribution in [2.75, 3.05) is 29.9 Å². The van der Waals surface area contributed by atoms with Crippen LogP contribution in [0.1, 0.15) is 20.3 Å². The minimum Gasteiger partial charge on any atom is -0.477 e. The second-order valence-corrected chi connectivity index (χ2v) is 4.06. The Morgan fingerprint density at radius 2 is 2.19 bits per heavy atom. The zero-order chi connectivity index (χ0) is 11.8. The second kappa shape index (κ2) is 7.44. The SMILES string of the molecule is CCOc1cncc(N(CC)CCCBr)n1. The van der Waals surface area contributed by atoms with Gasteiger partial charge in [0.15, 0.2) is 5.82 Å². The number of nitrogens with zero attached hydrogens (tertiary/aromatic N) is 3. The third-order valence-corrected chi connectivity index (χ3v) is 2.72. The van der Waals surface area contributed by atoms with E-state index in [1.165, 1.54) is 0 Å². The molecule has 0 saturated carbocycles. The summed E-state index contributed by atoms with van der Waals surface area (Å²) in [6.07, 6.45) is 4.51. The van der Waals surface area contributed by atoms with Crippen LogP contribution < -0.4 is 9.64 Å². The first-order chi connectivity index (χ1) is 7.81. The van der Waals surface area contributed by atoms with E-state index in [0.29, 0.717) is 12.5 Å². The average Bonchev–Trinajstić information content (AvgIpc) is 2.31. The molecule has 16 heavy (non-hydrogen) atoms. The van der Waals surface area contributed by atoms with Crippen LogP contribution in [-0.2, 0) is 0 Å². The summed E-state index contributed by atoms with van der Waals surface area (Å²) >= 11 is 3.43. The summed E-state index contributed by atoms with van der Waals surface area (Å²) < 4.78 is 5.34. The fraction of sp³-hybridized carbons (Fsp3) is 0.636. The normalized spacial score (nSPS) is 10.2. The molecular weight excluding hydrogens is 270 g/mol. The Bertz CT molecular complexity index is 309. The molecule has 0 aliphatic carbocycles. The van der Waals surface area contributed by atoms with Gasteiger partial charge in [0.25, 0.3) is 0 Å². The van der Waals surface area contributed by atoms with Crippen molar-refractivity contribution >= 4 is 21.7 Å². The number of rotatable bonds is 7. The molecule has 5 heteroatoms. The van der Waals surface area contributed by atoms with Crippen LogP contribution in [-0.4, -0.2) is 35.0 Å². The second-order valence-electron chi connectivity index (χ2n) is 3.27. The molecule has 0 bridgehead atoms. The third kappa shape index (κ3) is 3.96.